The molecule has 1 aromatic heterocycles. The number of nitrogens with zero attached hydrogens (tertiary/aromatic N) is 2. The van der Waals surface area contributed by atoms with Crippen LogP contribution in [0.5, 0.6) is 5.75 Å². The van der Waals surface area contributed by atoms with Crippen molar-refractivity contribution in [3.8, 4) is 5.75 Å². The number of benzene rings is 2. The zero-order valence-electron chi connectivity index (χ0n) is 20.0. The smallest absolute Gasteiger partial charge is 0.252 e. The number of anilines is 1. The standard InChI is InChI=1S/C26H28F3N3OS/c1-25(2,3)17-12-16(13-18(21(17)33)26(4,5)6)34-22-19(27)23(29)31-24(20(22)28)32-30-14-15-10-8-7-9-11-15/h7-14,33H,1-6H3,(H,31,32). The summed E-state index contributed by atoms with van der Waals surface area (Å²) in [6.45, 7) is 11.6. The fourth-order valence-electron chi connectivity index (χ4n) is 3.29. The molecule has 1 heterocycles. The minimum Gasteiger partial charge on any atom is -0.507 e. The van der Waals surface area contributed by atoms with Crippen molar-refractivity contribution in [3.63, 3.8) is 0 Å². The van der Waals surface area contributed by atoms with E-state index in [9.17, 15) is 13.9 Å². The highest BCUT2D eigenvalue weighted by molar-refractivity contribution is 7.99. The fourth-order valence-corrected chi connectivity index (χ4v) is 4.24. The molecule has 2 N–H and O–H groups in total. The van der Waals surface area contributed by atoms with Crippen molar-refractivity contribution in [2.45, 2.75) is 62.2 Å². The Morgan fingerprint density at radius 1 is 0.912 bits per heavy atom. The Hall–Kier alpha value is -3.00. The zero-order chi connectivity index (χ0) is 25.3. The lowest BCUT2D eigenvalue weighted by molar-refractivity contribution is 0.422. The summed E-state index contributed by atoms with van der Waals surface area (Å²) in [5.41, 5.74) is 3.49. The van der Waals surface area contributed by atoms with Gasteiger partial charge in [0.25, 0.3) is 5.95 Å². The van der Waals surface area contributed by atoms with Crippen molar-refractivity contribution in [2.24, 2.45) is 5.10 Å². The highest BCUT2D eigenvalue weighted by Crippen LogP contribution is 2.44. The largest absolute Gasteiger partial charge is 0.507 e. The van der Waals surface area contributed by atoms with E-state index in [2.05, 4.69) is 15.5 Å². The number of hydrazone groups is 1. The van der Waals surface area contributed by atoms with E-state index in [0.717, 1.165) is 17.3 Å². The summed E-state index contributed by atoms with van der Waals surface area (Å²) in [5.74, 6) is -4.27. The molecule has 0 aliphatic carbocycles. The van der Waals surface area contributed by atoms with Gasteiger partial charge in [0, 0.05) is 16.0 Å². The number of phenols is 1. The Kier molecular flexibility index (Phi) is 7.31. The number of pyridine rings is 1. The first-order valence-corrected chi connectivity index (χ1v) is 11.5. The third-order valence-corrected chi connectivity index (χ3v) is 6.13. The van der Waals surface area contributed by atoms with Gasteiger partial charge in [0.1, 0.15) is 5.75 Å². The molecule has 0 atom stereocenters. The van der Waals surface area contributed by atoms with Crippen LogP contribution in [0.4, 0.5) is 19.0 Å². The maximum Gasteiger partial charge on any atom is 0.252 e. The SMILES string of the molecule is CC(C)(C)c1cc(Sc2c(F)c(F)nc(NN=Cc3ccccc3)c2F)cc(C(C)(C)C)c1O. The third kappa shape index (κ3) is 5.73. The molecule has 0 amide bonds. The van der Waals surface area contributed by atoms with Gasteiger partial charge in [-0.2, -0.15) is 14.5 Å². The number of aromatic hydroxyl groups is 1. The predicted molar refractivity (Wildman–Crippen MR) is 131 cm³/mol. The zero-order valence-corrected chi connectivity index (χ0v) is 20.8. The molecule has 3 aromatic rings. The summed E-state index contributed by atoms with van der Waals surface area (Å²) in [6.07, 6.45) is 1.42. The van der Waals surface area contributed by atoms with Gasteiger partial charge in [-0.15, -0.1) is 0 Å². The topological polar surface area (TPSA) is 57.5 Å². The quantitative estimate of drug-likeness (QED) is 0.224. The second kappa shape index (κ2) is 9.70. The molecule has 4 nitrogen and oxygen atoms in total. The van der Waals surface area contributed by atoms with Crippen molar-refractivity contribution in [1.29, 1.82) is 0 Å². The molecule has 0 saturated heterocycles. The highest BCUT2D eigenvalue weighted by Gasteiger charge is 2.28. The molecular weight excluding hydrogens is 459 g/mol. The van der Waals surface area contributed by atoms with Crippen molar-refractivity contribution in [1.82, 2.24) is 4.98 Å². The van der Waals surface area contributed by atoms with Crippen LogP contribution in [0, 0.1) is 17.6 Å². The molecule has 0 aliphatic heterocycles. The normalized spacial score (nSPS) is 12.4. The summed E-state index contributed by atoms with van der Waals surface area (Å²) in [6, 6.07) is 12.4. The minimum atomic E-state index is -1.44. The summed E-state index contributed by atoms with van der Waals surface area (Å²) in [4.78, 5) is 3.26. The average molecular weight is 488 g/mol. The van der Waals surface area contributed by atoms with E-state index in [1.807, 2.05) is 59.7 Å². The number of hydrogen-bond donors (Lipinski definition) is 2. The number of nitrogens with one attached hydrogen (secondary N) is 1. The second-order valence-corrected chi connectivity index (χ2v) is 11.0. The number of rotatable bonds is 5. The highest BCUT2D eigenvalue weighted by atomic mass is 32.2. The van der Waals surface area contributed by atoms with Crippen LogP contribution in [0.25, 0.3) is 0 Å². The molecule has 2 aromatic carbocycles. The van der Waals surface area contributed by atoms with Crippen LogP contribution < -0.4 is 5.43 Å². The van der Waals surface area contributed by atoms with Gasteiger partial charge in [0.2, 0.25) is 0 Å². The Bertz CT molecular complexity index is 1180. The number of phenolic OH excluding ortho intramolecular Hbond substituents is 1. The van der Waals surface area contributed by atoms with Gasteiger partial charge in [-0.05, 0) is 28.5 Å². The first kappa shape index (κ1) is 25.6. The predicted octanol–water partition coefficient (Wildman–Crippen LogP) is 7.40. The Morgan fingerprint density at radius 2 is 1.47 bits per heavy atom. The Balaban J connectivity index is 2.03. The van der Waals surface area contributed by atoms with Gasteiger partial charge in [0.15, 0.2) is 17.5 Å². The van der Waals surface area contributed by atoms with Crippen molar-refractivity contribution in [3.05, 3.63) is 76.7 Å². The van der Waals surface area contributed by atoms with E-state index >= 15 is 4.39 Å². The molecule has 8 heteroatoms. The van der Waals surface area contributed by atoms with Gasteiger partial charge in [-0.25, -0.2) is 8.78 Å². The molecule has 0 spiro atoms. The van der Waals surface area contributed by atoms with Crippen LogP contribution in [0.1, 0.15) is 58.2 Å². The molecule has 0 aliphatic rings. The molecule has 0 unspecified atom stereocenters. The molecule has 0 fully saturated rings. The lowest BCUT2D eigenvalue weighted by Crippen LogP contribution is -2.17. The molecule has 3 rings (SSSR count). The van der Waals surface area contributed by atoms with E-state index in [-0.39, 0.29) is 5.75 Å². The summed E-state index contributed by atoms with van der Waals surface area (Å²) in [5, 5.41) is 14.8. The summed E-state index contributed by atoms with van der Waals surface area (Å²) in [7, 11) is 0. The van der Waals surface area contributed by atoms with Gasteiger partial charge in [-0.1, -0.05) is 83.6 Å². The Labute approximate surface area is 202 Å². The maximum atomic E-state index is 15.2. The van der Waals surface area contributed by atoms with Gasteiger partial charge < -0.3 is 5.11 Å². The van der Waals surface area contributed by atoms with Crippen molar-refractivity contribution >= 4 is 23.8 Å². The van der Waals surface area contributed by atoms with E-state index in [1.54, 1.807) is 24.3 Å². The number of aromatic nitrogens is 1. The van der Waals surface area contributed by atoms with Crippen molar-refractivity contribution in [2.75, 3.05) is 5.43 Å². The number of hydrogen-bond acceptors (Lipinski definition) is 5. The second-order valence-electron chi connectivity index (χ2n) is 9.96. The minimum absolute atomic E-state index is 0.142. The summed E-state index contributed by atoms with van der Waals surface area (Å²) < 4.78 is 44.1. The molecule has 0 radical (unpaired) electrons. The van der Waals surface area contributed by atoms with Crippen LogP contribution in [0.3, 0.4) is 0 Å². The van der Waals surface area contributed by atoms with Gasteiger partial charge in [0.05, 0.1) is 11.1 Å². The van der Waals surface area contributed by atoms with Gasteiger partial charge >= 0.3 is 0 Å². The van der Waals surface area contributed by atoms with Crippen LogP contribution >= 0.6 is 11.8 Å². The first-order chi connectivity index (χ1) is 15.8. The Morgan fingerprint density at radius 3 is 2.00 bits per heavy atom. The maximum absolute atomic E-state index is 15.2. The van der Waals surface area contributed by atoms with Gasteiger partial charge in [-0.3, -0.25) is 5.43 Å². The lowest BCUT2D eigenvalue weighted by Gasteiger charge is -2.28. The van der Waals surface area contributed by atoms with Crippen LogP contribution in [0.15, 0.2) is 57.4 Å². The summed E-state index contributed by atoms with van der Waals surface area (Å²) >= 11 is 0.735. The molecule has 180 valence electrons. The third-order valence-electron chi connectivity index (χ3n) is 5.10. The van der Waals surface area contributed by atoms with Crippen LogP contribution in [-0.4, -0.2) is 16.3 Å². The van der Waals surface area contributed by atoms with E-state index < -0.39 is 39.1 Å². The van der Waals surface area contributed by atoms with Crippen molar-refractivity contribution < 1.29 is 18.3 Å². The average Bonchev–Trinajstić information content (AvgIpc) is 2.74. The first-order valence-electron chi connectivity index (χ1n) is 10.7. The molecule has 0 saturated carbocycles. The number of halogens is 3. The fraction of sp³-hybridized carbons (Fsp3) is 0.308. The lowest BCUT2D eigenvalue weighted by atomic mass is 9.79. The van der Waals surface area contributed by atoms with E-state index in [4.69, 9.17) is 0 Å². The molecular formula is C26H28F3N3OS. The van der Waals surface area contributed by atoms with E-state index in [0.29, 0.717) is 16.0 Å². The molecule has 34 heavy (non-hydrogen) atoms. The molecule has 0 bridgehead atoms. The van der Waals surface area contributed by atoms with Crippen LogP contribution in [0.2, 0.25) is 0 Å². The van der Waals surface area contributed by atoms with Crippen LogP contribution in [-0.2, 0) is 10.8 Å². The monoisotopic (exact) mass is 487 g/mol. The van der Waals surface area contributed by atoms with E-state index in [1.165, 1.54) is 6.21 Å².